The number of nitrogens with one attached hydrogen (secondary N) is 2. The van der Waals surface area contributed by atoms with E-state index in [4.69, 9.17) is 14.2 Å². The zero-order chi connectivity index (χ0) is 47.7. The van der Waals surface area contributed by atoms with E-state index < -0.39 is 65.8 Å². The third kappa shape index (κ3) is 10.8. The number of carbonyl (C=O) groups excluding carboxylic acids is 4. The van der Waals surface area contributed by atoms with Crippen LogP contribution in [0.4, 0.5) is 17.6 Å². The van der Waals surface area contributed by atoms with Gasteiger partial charge in [-0.05, 0) is 96.8 Å². The summed E-state index contributed by atoms with van der Waals surface area (Å²) in [6.07, 6.45) is -1.91. The Morgan fingerprint density at radius 3 is 2.55 bits per heavy atom. The van der Waals surface area contributed by atoms with E-state index in [9.17, 15) is 32.3 Å². The molecule has 354 valence electrons. The molecule has 2 aromatic carbocycles. The Kier molecular flexibility index (Phi) is 14.4. The van der Waals surface area contributed by atoms with Crippen LogP contribution in [0.25, 0.3) is 33.3 Å². The fourth-order valence-corrected chi connectivity index (χ4v) is 9.00. The molecule has 2 saturated heterocycles. The SMILES string of the molecule is C=CC(=O)N1CC(OCC(C(=O)N[C@H]2Cc3cc(F)cc(c3)-c3ccc4c(c3)c(c(-c3cccnc3[C@H](C)OC)n4CC(F)(F)F)CC(C)(C)COC(=O)[C@@H]3CCCN(N3)C2=O)C(C)C)C1. The number of cyclic esters (lactones) is 1. The zero-order valence-electron chi connectivity index (χ0n) is 38.2. The monoisotopic (exact) mass is 918 g/mol. The lowest BCUT2D eigenvalue weighted by Crippen LogP contribution is -2.61. The highest BCUT2D eigenvalue weighted by molar-refractivity contribution is 5.95. The van der Waals surface area contributed by atoms with Gasteiger partial charge in [0.1, 0.15) is 24.4 Å². The van der Waals surface area contributed by atoms with Gasteiger partial charge in [0, 0.05) is 61.2 Å². The predicted octanol–water partition coefficient (Wildman–Crippen LogP) is 7.11. The number of fused-ring (bicyclic) bond motifs is 6. The van der Waals surface area contributed by atoms with Crippen LogP contribution in [0, 0.1) is 23.1 Å². The number of nitrogens with zero attached hydrogens (tertiary/aromatic N) is 4. The van der Waals surface area contributed by atoms with Crippen molar-refractivity contribution in [2.24, 2.45) is 17.3 Å². The predicted molar refractivity (Wildman–Crippen MR) is 239 cm³/mol. The molecule has 6 bridgehead atoms. The Hall–Kier alpha value is -5.65. The van der Waals surface area contributed by atoms with Gasteiger partial charge in [-0.2, -0.15) is 13.2 Å². The van der Waals surface area contributed by atoms with Crippen LogP contribution >= 0.6 is 0 Å². The molecule has 1 unspecified atom stereocenters. The van der Waals surface area contributed by atoms with Crippen molar-refractivity contribution in [3.63, 3.8) is 0 Å². The van der Waals surface area contributed by atoms with E-state index in [1.807, 2.05) is 27.7 Å². The Bertz CT molecular complexity index is 2480. The number of alkyl halides is 3. The van der Waals surface area contributed by atoms with Crippen LogP contribution < -0.4 is 10.7 Å². The number of hydrogen-bond acceptors (Lipinski definition) is 9. The van der Waals surface area contributed by atoms with Crippen molar-refractivity contribution in [2.45, 2.75) is 97.3 Å². The second kappa shape index (κ2) is 19.7. The number of amides is 3. The summed E-state index contributed by atoms with van der Waals surface area (Å²) in [7, 11) is 1.50. The van der Waals surface area contributed by atoms with Crippen LogP contribution in [0.5, 0.6) is 0 Å². The minimum atomic E-state index is -4.63. The number of benzene rings is 2. The first-order valence-corrected chi connectivity index (χ1v) is 22.3. The average Bonchev–Trinajstić information content (AvgIpc) is 3.53. The normalized spacial score (nSPS) is 20.3. The van der Waals surface area contributed by atoms with E-state index in [-0.39, 0.29) is 61.7 Å². The number of rotatable bonds is 11. The number of hydrazine groups is 1. The van der Waals surface area contributed by atoms with E-state index in [0.717, 1.165) is 0 Å². The third-order valence-corrected chi connectivity index (χ3v) is 12.7. The zero-order valence-corrected chi connectivity index (χ0v) is 38.2. The van der Waals surface area contributed by atoms with Crippen molar-refractivity contribution in [2.75, 3.05) is 40.0 Å². The Balaban J connectivity index is 1.33. The number of ether oxygens (including phenoxy) is 3. The number of aromatic nitrogens is 2. The van der Waals surface area contributed by atoms with Gasteiger partial charge in [-0.25, -0.2) is 9.82 Å². The van der Waals surface area contributed by atoms with Crippen LogP contribution in [-0.2, 0) is 52.8 Å². The van der Waals surface area contributed by atoms with Gasteiger partial charge >= 0.3 is 12.1 Å². The molecule has 3 amide bonds. The van der Waals surface area contributed by atoms with Gasteiger partial charge in [-0.1, -0.05) is 46.4 Å². The first-order chi connectivity index (χ1) is 31.2. The highest BCUT2D eigenvalue weighted by Gasteiger charge is 2.39. The standard InChI is InChI=1S/C49H58F4N6O7/c1-8-42(60)57-23-34(24-57)65-25-38(28(2)3)45(61)55-40-19-30-17-32(20-33(50)18-30)31-13-14-41-36(21-31)37(22-48(5,6)27-66-47(63)39-12-10-16-59(56-39)46(40)62)44(58(41)26-49(51,52)53)35-11-9-15-54-43(35)29(4)64-7/h8-9,11,13-15,17-18,20-21,28-29,34,38-40,56H,1,10,12,16,19,22-27H2,2-7H3,(H,55,61)/t29-,38?,39-,40-/m0/s1. The Morgan fingerprint density at radius 1 is 1.09 bits per heavy atom. The minimum absolute atomic E-state index is 0.0198. The van der Waals surface area contributed by atoms with E-state index in [2.05, 4.69) is 22.3 Å². The first-order valence-electron chi connectivity index (χ1n) is 22.3. The largest absolute Gasteiger partial charge is 0.464 e. The maximum absolute atomic E-state index is 15.9. The molecule has 0 spiro atoms. The van der Waals surface area contributed by atoms with Crippen LogP contribution in [-0.4, -0.2) is 107 Å². The minimum Gasteiger partial charge on any atom is -0.464 e. The van der Waals surface area contributed by atoms with Gasteiger partial charge in [0.15, 0.2) is 0 Å². The molecule has 7 rings (SSSR count). The highest BCUT2D eigenvalue weighted by atomic mass is 19.4. The molecule has 5 heterocycles. The number of esters is 1. The van der Waals surface area contributed by atoms with Crippen molar-refractivity contribution in [1.29, 1.82) is 0 Å². The van der Waals surface area contributed by atoms with Gasteiger partial charge in [-0.3, -0.25) is 29.2 Å². The second-order valence-corrected chi connectivity index (χ2v) is 18.7. The molecule has 0 radical (unpaired) electrons. The van der Waals surface area contributed by atoms with E-state index in [1.54, 1.807) is 54.4 Å². The molecule has 0 aliphatic carbocycles. The van der Waals surface area contributed by atoms with Crippen molar-refractivity contribution < 1.29 is 51.0 Å². The lowest BCUT2D eigenvalue weighted by molar-refractivity contribution is -0.155. The number of likely N-dealkylation sites (tertiary alicyclic amines) is 1. The van der Waals surface area contributed by atoms with Gasteiger partial charge in [0.2, 0.25) is 11.8 Å². The number of carbonyl (C=O) groups is 4. The van der Waals surface area contributed by atoms with Crippen LogP contribution in [0.2, 0.25) is 0 Å². The summed E-state index contributed by atoms with van der Waals surface area (Å²) in [6, 6.07) is 10.5. The fraction of sp³-hybridized carbons (Fsp3) is 0.490. The molecule has 3 aliphatic rings. The van der Waals surface area contributed by atoms with E-state index >= 15 is 4.39 Å². The van der Waals surface area contributed by atoms with Crippen molar-refractivity contribution in [3.8, 4) is 22.4 Å². The van der Waals surface area contributed by atoms with Crippen LogP contribution in [0.3, 0.4) is 0 Å². The van der Waals surface area contributed by atoms with Crippen LogP contribution in [0.15, 0.2) is 67.4 Å². The topological polar surface area (TPSA) is 144 Å². The summed E-state index contributed by atoms with van der Waals surface area (Å²) in [6.45, 7) is 12.2. The molecule has 2 N–H and O–H groups in total. The van der Waals surface area contributed by atoms with Crippen molar-refractivity contribution in [3.05, 3.63) is 90.0 Å². The number of methoxy groups -OCH3 is 1. The molecule has 4 aromatic rings. The maximum atomic E-state index is 15.9. The van der Waals surface area contributed by atoms with E-state index in [0.29, 0.717) is 64.8 Å². The highest BCUT2D eigenvalue weighted by Crippen LogP contribution is 2.43. The first kappa shape index (κ1) is 48.3. The summed E-state index contributed by atoms with van der Waals surface area (Å²) in [4.78, 5) is 60.6. The average molecular weight is 919 g/mol. The summed E-state index contributed by atoms with van der Waals surface area (Å²) < 4.78 is 78.7. The summed E-state index contributed by atoms with van der Waals surface area (Å²) >= 11 is 0. The fourth-order valence-electron chi connectivity index (χ4n) is 9.00. The summed E-state index contributed by atoms with van der Waals surface area (Å²) in [5.41, 5.74) is 5.42. The molecule has 17 heteroatoms. The van der Waals surface area contributed by atoms with Gasteiger partial charge in [0.25, 0.3) is 5.91 Å². The van der Waals surface area contributed by atoms with Gasteiger partial charge in [-0.15, -0.1) is 0 Å². The summed E-state index contributed by atoms with van der Waals surface area (Å²) in [5.74, 6) is -3.40. The lowest BCUT2D eigenvalue weighted by atomic mass is 9.84. The van der Waals surface area contributed by atoms with Crippen LogP contribution in [0.1, 0.15) is 70.4 Å². The molecule has 2 fully saturated rings. The molecule has 0 saturated carbocycles. The molecular formula is C49H58F4N6O7. The maximum Gasteiger partial charge on any atom is 0.406 e. The van der Waals surface area contributed by atoms with Crippen molar-refractivity contribution >= 4 is 34.6 Å². The smallest absolute Gasteiger partial charge is 0.406 e. The number of halogens is 4. The molecular weight excluding hydrogens is 861 g/mol. The number of pyridine rings is 1. The Labute approximate surface area is 381 Å². The molecule has 3 aliphatic heterocycles. The molecule has 4 atom stereocenters. The second-order valence-electron chi connectivity index (χ2n) is 18.7. The molecule has 66 heavy (non-hydrogen) atoms. The number of hydrogen-bond donors (Lipinski definition) is 2. The quantitative estimate of drug-likeness (QED) is 0.0914. The lowest BCUT2D eigenvalue weighted by Gasteiger charge is -2.39. The molecule has 2 aromatic heterocycles. The van der Waals surface area contributed by atoms with Crippen molar-refractivity contribution in [1.82, 2.24) is 30.2 Å². The van der Waals surface area contributed by atoms with Gasteiger partial charge in [0.05, 0.1) is 42.7 Å². The molecule has 13 nitrogen and oxygen atoms in total. The summed E-state index contributed by atoms with van der Waals surface area (Å²) in [5, 5.41) is 4.71. The Morgan fingerprint density at radius 2 is 1.85 bits per heavy atom. The van der Waals surface area contributed by atoms with E-state index in [1.165, 1.54) is 34.9 Å². The third-order valence-electron chi connectivity index (χ3n) is 12.7. The van der Waals surface area contributed by atoms with Gasteiger partial charge < -0.3 is 29.0 Å².